The Morgan fingerprint density at radius 2 is 1.55 bits per heavy atom. The van der Waals surface area contributed by atoms with E-state index in [-0.39, 0.29) is 12.1 Å². The zero-order valence-electron chi connectivity index (χ0n) is 15.2. The summed E-state index contributed by atoms with van der Waals surface area (Å²) in [4.78, 5) is 7.05. The average molecular weight is 311 g/mol. The Hall–Kier alpha value is -0.570. The first kappa shape index (κ1) is 19.5. The highest BCUT2D eigenvalue weighted by molar-refractivity contribution is 5.84. The van der Waals surface area contributed by atoms with Crippen molar-refractivity contribution >= 4 is 5.84 Å². The summed E-state index contributed by atoms with van der Waals surface area (Å²) in [7, 11) is 0. The third-order valence-corrected chi connectivity index (χ3v) is 4.78. The molecule has 1 rings (SSSR count). The van der Waals surface area contributed by atoms with Gasteiger partial charge in [-0.2, -0.15) is 0 Å². The summed E-state index contributed by atoms with van der Waals surface area (Å²) >= 11 is 0. The van der Waals surface area contributed by atoms with Crippen molar-refractivity contribution < 1.29 is 5.11 Å². The summed E-state index contributed by atoms with van der Waals surface area (Å²) < 4.78 is 0. The lowest BCUT2D eigenvalue weighted by Gasteiger charge is -2.19. The van der Waals surface area contributed by atoms with E-state index in [1.54, 1.807) is 0 Å². The maximum absolute atomic E-state index is 9.70. The molecule has 0 aromatic carbocycles. The second kappa shape index (κ2) is 11.9. The molecule has 1 N–H and O–H groups in total. The van der Waals surface area contributed by atoms with Gasteiger partial charge in [-0.1, -0.05) is 64.7 Å². The van der Waals surface area contributed by atoms with Crippen LogP contribution in [0.25, 0.3) is 0 Å². The van der Waals surface area contributed by atoms with Crippen LogP contribution in [0.2, 0.25) is 0 Å². The van der Waals surface area contributed by atoms with Crippen LogP contribution in [-0.4, -0.2) is 41.1 Å². The molecular formula is C19H38N2O. The Labute approximate surface area is 138 Å². The monoisotopic (exact) mass is 310 g/mol. The SMILES string of the molecule is CCCCCCCCCCCCC1=NC(C(C)O)CN1CC. The average Bonchev–Trinajstić information content (AvgIpc) is 2.92. The molecule has 1 heterocycles. The molecule has 0 radical (unpaired) electrons. The number of aliphatic hydroxyl groups is 1. The molecule has 0 bridgehead atoms. The van der Waals surface area contributed by atoms with Gasteiger partial charge in [-0.05, 0) is 20.3 Å². The number of unbranched alkanes of at least 4 members (excludes halogenated alkanes) is 9. The van der Waals surface area contributed by atoms with Gasteiger partial charge in [0.1, 0.15) is 0 Å². The lowest BCUT2D eigenvalue weighted by atomic mass is 10.1. The number of hydrogen-bond acceptors (Lipinski definition) is 3. The van der Waals surface area contributed by atoms with Crippen molar-refractivity contribution in [1.82, 2.24) is 4.90 Å². The largest absolute Gasteiger partial charge is 0.391 e. The van der Waals surface area contributed by atoms with E-state index in [0.717, 1.165) is 19.5 Å². The number of aliphatic imine (C=N–C) groups is 1. The third kappa shape index (κ3) is 7.62. The summed E-state index contributed by atoms with van der Waals surface area (Å²) in [5.74, 6) is 1.23. The van der Waals surface area contributed by atoms with Crippen molar-refractivity contribution in [1.29, 1.82) is 0 Å². The standard InChI is InChI=1S/C19H38N2O/c1-4-6-7-8-9-10-11-12-13-14-15-19-20-18(17(3)22)16-21(19)5-2/h17-18,22H,4-16H2,1-3H3. The van der Waals surface area contributed by atoms with Crippen molar-refractivity contribution in [3.8, 4) is 0 Å². The molecule has 0 spiro atoms. The zero-order chi connectivity index (χ0) is 16.2. The van der Waals surface area contributed by atoms with Crippen molar-refractivity contribution in [3.63, 3.8) is 0 Å². The Bertz CT molecular complexity index is 302. The Morgan fingerprint density at radius 1 is 1.00 bits per heavy atom. The van der Waals surface area contributed by atoms with Gasteiger partial charge in [0.2, 0.25) is 0 Å². The molecule has 130 valence electrons. The maximum atomic E-state index is 9.70. The molecule has 0 amide bonds. The molecule has 0 saturated carbocycles. The number of nitrogens with zero attached hydrogens (tertiary/aromatic N) is 2. The molecule has 0 saturated heterocycles. The van der Waals surface area contributed by atoms with Gasteiger partial charge in [0.15, 0.2) is 0 Å². The molecule has 0 aromatic heterocycles. The molecule has 2 atom stereocenters. The van der Waals surface area contributed by atoms with E-state index in [4.69, 9.17) is 4.99 Å². The lowest BCUT2D eigenvalue weighted by molar-refractivity contribution is 0.160. The number of hydrogen-bond donors (Lipinski definition) is 1. The van der Waals surface area contributed by atoms with Crippen LogP contribution in [0.15, 0.2) is 4.99 Å². The maximum Gasteiger partial charge on any atom is 0.0995 e. The highest BCUT2D eigenvalue weighted by Crippen LogP contribution is 2.17. The zero-order valence-corrected chi connectivity index (χ0v) is 15.2. The van der Waals surface area contributed by atoms with Gasteiger partial charge in [-0.25, -0.2) is 0 Å². The summed E-state index contributed by atoms with van der Waals surface area (Å²) in [5.41, 5.74) is 0. The summed E-state index contributed by atoms with van der Waals surface area (Å²) in [6.45, 7) is 8.22. The van der Waals surface area contributed by atoms with E-state index in [2.05, 4.69) is 18.7 Å². The first-order valence-electron chi connectivity index (χ1n) is 9.68. The third-order valence-electron chi connectivity index (χ3n) is 4.78. The van der Waals surface area contributed by atoms with Gasteiger partial charge in [0, 0.05) is 19.5 Å². The fraction of sp³-hybridized carbons (Fsp3) is 0.947. The highest BCUT2D eigenvalue weighted by Gasteiger charge is 2.26. The van der Waals surface area contributed by atoms with E-state index in [9.17, 15) is 5.11 Å². The molecule has 3 heteroatoms. The van der Waals surface area contributed by atoms with Gasteiger partial charge in [-0.15, -0.1) is 0 Å². The van der Waals surface area contributed by atoms with Crippen molar-refractivity contribution in [3.05, 3.63) is 0 Å². The van der Waals surface area contributed by atoms with E-state index in [1.807, 2.05) is 6.92 Å². The molecule has 3 nitrogen and oxygen atoms in total. The Balaban J connectivity index is 2.03. The predicted octanol–water partition coefficient (Wildman–Crippen LogP) is 4.78. The fourth-order valence-electron chi connectivity index (χ4n) is 3.21. The van der Waals surface area contributed by atoms with Crippen LogP contribution < -0.4 is 0 Å². The second-order valence-electron chi connectivity index (χ2n) is 6.82. The minimum atomic E-state index is -0.320. The van der Waals surface area contributed by atoms with Crippen molar-refractivity contribution in [2.75, 3.05) is 13.1 Å². The Morgan fingerprint density at radius 3 is 2.05 bits per heavy atom. The molecule has 1 aliphatic heterocycles. The Kier molecular flexibility index (Phi) is 10.6. The van der Waals surface area contributed by atoms with Crippen molar-refractivity contribution in [2.24, 2.45) is 4.99 Å². The molecule has 0 aliphatic carbocycles. The molecule has 2 unspecified atom stereocenters. The van der Waals surface area contributed by atoms with Crippen LogP contribution in [0, 0.1) is 0 Å². The van der Waals surface area contributed by atoms with Gasteiger partial charge in [-0.3, -0.25) is 4.99 Å². The summed E-state index contributed by atoms with van der Waals surface area (Å²) in [5, 5.41) is 9.70. The van der Waals surface area contributed by atoms with Crippen LogP contribution >= 0.6 is 0 Å². The molecule has 1 aliphatic rings. The lowest BCUT2D eigenvalue weighted by Crippen LogP contribution is -2.32. The number of rotatable bonds is 13. The molecular weight excluding hydrogens is 272 g/mol. The normalized spacial score (nSPS) is 19.5. The summed E-state index contributed by atoms with van der Waals surface area (Å²) in [6, 6.07) is 0.0954. The fourth-order valence-corrected chi connectivity index (χ4v) is 3.21. The van der Waals surface area contributed by atoms with Gasteiger partial charge in [0.25, 0.3) is 0 Å². The van der Waals surface area contributed by atoms with Crippen LogP contribution in [0.4, 0.5) is 0 Å². The molecule has 22 heavy (non-hydrogen) atoms. The molecule has 0 aromatic rings. The van der Waals surface area contributed by atoms with Crippen LogP contribution in [-0.2, 0) is 0 Å². The topological polar surface area (TPSA) is 35.8 Å². The van der Waals surface area contributed by atoms with E-state index in [1.165, 1.54) is 70.0 Å². The summed E-state index contributed by atoms with van der Waals surface area (Å²) in [6.07, 6.45) is 14.5. The minimum absolute atomic E-state index is 0.0954. The quantitative estimate of drug-likeness (QED) is 0.497. The van der Waals surface area contributed by atoms with Crippen LogP contribution in [0.5, 0.6) is 0 Å². The van der Waals surface area contributed by atoms with Crippen molar-refractivity contribution in [2.45, 2.75) is 104 Å². The predicted molar refractivity (Wildman–Crippen MR) is 96.6 cm³/mol. The van der Waals surface area contributed by atoms with E-state index in [0.29, 0.717) is 0 Å². The van der Waals surface area contributed by atoms with Gasteiger partial charge >= 0.3 is 0 Å². The minimum Gasteiger partial charge on any atom is -0.391 e. The second-order valence-corrected chi connectivity index (χ2v) is 6.82. The highest BCUT2D eigenvalue weighted by atomic mass is 16.3. The first-order valence-corrected chi connectivity index (χ1v) is 9.68. The number of amidine groups is 1. The first-order chi connectivity index (χ1) is 10.7. The number of likely N-dealkylation sites (N-methyl/N-ethyl adjacent to an activating group) is 1. The van der Waals surface area contributed by atoms with Gasteiger partial charge < -0.3 is 10.0 Å². The number of aliphatic hydroxyl groups excluding tert-OH is 1. The smallest absolute Gasteiger partial charge is 0.0995 e. The van der Waals surface area contributed by atoms with Crippen LogP contribution in [0.1, 0.15) is 91.4 Å². The van der Waals surface area contributed by atoms with Crippen LogP contribution in [0.3, 0.4) is 0 Å². The van der Waals surface area contributed by atoms with E-state index < -0.39 is 0 Å². The van der Waals surface area contributed by atoms with Gasteiger partial charge in [0.05, 0.1) is 18.0 Å². The van der Waals surface area contributed by atoms with E-state index >= 15 is 0 Å². The molecule has 0 fully saturated rings.